The van der Waals surface area contributed by atoms with Crippen LogP contribution in [0.25, 0.3) is 5.69 Å². The Morgan fingerprint density at radius 3 is 2.50 bits per heavy atom. The maximum Gasteiger partial charge on any atom is 0.167 e. The molecule has 0 saturated heterocycles. The first-order chi connectivity index (χ1) is 11.6. The second-order valence-corrected chi connectivity index (χ2v) is 6.21. The largest absolute Gasteiger partial charge is 0.294 e. The maximum atomic E-state index is 14.1. The van der Waals surface area contributed by atoms with Crippen LogP contribution in [0.2, 0.25) is 0 Å². The number of carbonyl (C=O) groups excluding carboxylic acids is 1. The van der Waals surface area contributed by atoms with E-state index in [-0.39, 0.29) is 17.5 Å². The van der Waals surface area contributed by atoms with Gasteiger partial charge in [0.2, 0.25) is 0 Å². The standard InChI is InChI=1S/C20H17FN2O/c1-13-20-17(22-23(13)18-10-6-5-9-16(18)21)11-15(12-19(20)24)14-7-3-2-4-8-14/h2-10,15H,11-12H2,1H3/t15-/m1/s1. The molecule has 0 radical (unpaired) electrons. The normalized spacial score (nSPS) is 16.9. The number of Topliss-reactive ketones (excluding diaryl/α,β-unsaturated/α-hetero) is 1. The fourth-order valence-electron chi connectivity index (χ4n) is 3.52. The molecule has 1 heterocycles. The molecule has 0 aliphatic heterocycles. The number of hydrogen-bond acceptors (Lipinski definition) is 2. The van der Waals surface area contributed by atoms with E-state index in [2.05, 4.69) is 5.10 Å². The summed E-state index contributed by atoms with van der Waals surface area (Å²) in [6.07, 6.45) is 1.17. The lowest BCUT2D eigenvalue weighted by atomic mass is 9.82. The van der Waals surface area contributed by atoms with Crippen LogP contribution in [0.5, 0.6) is 0 Å². The van der Waals surface area contributed by atoms with Crippen LogP contribution in [0.15, 0.2) is 54.6 Å². The Labute approximate surface area is 139 Å². The van der Waals surface area contributed by atoms with Crippen molar-refractivity contribution in [2.45, 2.75) is 25.7 Å². The number of para-hydroxylation sites is 1. The molecule has 0 fully saturated rings. The average molecular weight is 320 g/mol. The molecular weight excluding hydrogens is 303 g/mol. The minimum absolute atomic E-state index is 0.0881. The van der Waals surface area contributed by atoms with Crippen molar-refractivity contribution in [2.75, 3.05) is 0 Å². The quantitative estimate of drug-likeness (QED) is 0.708. The Hall–Kier alpha value is -2.75. The molecular formula is C20H17FN2O. The summed E-state index contributed by atoms with van der Waals surface area (Å²) < 4.78 is 15.7. The van der Waals surface area contributed by atoms with Gasteiger partial charge in [0.15, 0.2) is 5.78 Å². The van der Waals surface area contributed by atoms with E-state index in [9.17, 15) is 9.18 Å². The highest BCUT2D eigenvalue weighted by Gasteiger charge is 2.31. The Kier molecular flexibility index (Phi) is 3.53. The van der Waals surface area contributed by atoms with Crippen LogP contribution in [-0.2, 0) is 6.42 Å². The highest BCUT2D eigenvalue weighted by atomic mass is 19.1. The predicted molar refractivity (Wildman–Crippen MR) is 90.1 cm³/mol. The van der Waals surface area contributed by atoms with Gasteiger partial charge in [-0.2, -0.15) is 5.10 Å². The zero-order chi connectivity index (χ0) is 16.7. The lowest BCUT2D eigenvalue weighted by Gasteiger charge is -2.20. The predicted octanol–water partition coefficient (Wildman–Crippen LogP) is 4.23. The summed E-state index contributed by atoms with van der Waals surface area (Å²) in [5, 5.41) is 4.56. The molecule has 0 unspecified atom stereocenters. The summed E-state index contributed by atoms with van der Waals surface area (Å²) in [4.78, 5) is 12.7. The SMILES string of the molecule is Cc1c2c(nn1-c1ccccc1F)C[C@@H](c1ccccc1)CC2=O. The van der Waals surface area contributed by atoms with E-state index >= 15 is 0 Å². The molecule has 4 heteroatoms. The molecule has 0 bridgehead atoms. The fourth-order valence-corrected chi connectivity index (χ4v) is 3.52. The number of hydrogen-bond donors (Lipinski definition) is 0. The molecule has 0 N–H and O–H groups in total. The first-order valence-corrected chi connectivity index (χ1v) is 8.06. The number of rotatable bonds is 2. The van der Waals surface area contributed by atoms with Crippen molar-refractivity contribution >= 4 is 5.78 Å². The molecule has 0 spiro atoms. The monoisotopic (exact) mass is 320 g/mol. The van der Waals surface area contributed by atoms with Crippen molar-refractivity contribution in [1.29, 1.82) is 0 Å². The Morgan fingerprint density at radius 2 is 1.75 bits per heavy atom. The van der Waals surface area contributed by atoms with Crippen LogP contribution in [0.3, 0.4) is 0 Å². The number of ketones is 1. The second kappa shape index (κ2) is 5.71. The van der Waals surface area contributed by atoms with E-state index in [0.29, 0.717) is 29.8 Å². The van der Waals surface area contributed by atoms with Crippen molar-refractivity contribution in [3.8, 4) is 5.69 Å². The van der Waals surface area contributed by atoms with Gasteiger partial charge in [-0.05, 0) is 37.0 Å². The van der Waals surface area contributed by atoms with Gasteiger partial charge in [-0.1, -0.05) is 42.5 Å². The van der Waals surface area contributed by atoms with Gasteiger partial charge >= 0.3 is 0 Å². The second-order valence-electron chi connectivity index (χ2n) is 6.21. The lowest BCUT2D eigenvalue weighted by molar-refractivity contribution is 0.0963. The zero-order valence-corrected chi connectivity index (χ0v) is 13.4. The number of benzene rings is 2. The van der Waals surface area contributed by atoms with Crippen LogP contribution in [0.1, 0.15) is 39.6 Å². The van der Waals surface area contributed by atoms with Crippen LogP contribution >= 0.6 is 0 Å². The van der Waals surface area contributed by atoms with Gasteiger partial charge in [0.1, 0.15) is 11.5 Å². The molecule has 1 aliphatic carbocycles. The molecule has 3 nitrogen and oxygen atoms in total. The Morgan fingerprint density at radius 1 is 1.04 bits per heavy atom. The Bertz CT molecular complexity index is 915. The first-order valence-electron chi connectivity index (χ1n) is 8.06. The topological polar surface area (TPSA) is 34.9 Å². The highest BCUT2D eigenvalue weighted by molar-refractivity contribution is 6.00. The average Bonchev–Trinajstić information content (AvgIpc) is 2.93. The van der Waals surface area contributed by atoms with E-state index in [1.807, 2.05) is 37.3 Å². The van der Waals surface area contributed by atoms with Gasteiger partial charge in [0.05, 0.1) is 17.0 Å². The first kappa shape index (κ1) is 14.8. The van der Waals surface area contributed by atoms with Crippen LogP contribution < -0.4 is 0 Å². The van der Waals surface area contributed by atoms with Gasteiger partial charge < -0.3 is 0 Å². The highest BCUT2D eigenvalue weighted by Crippen LogP contribution is 2.34. The lowest BCUT2D eigenvalue weighted by Crippen LogP contribution is -2.18. The molecule has 1 atom stereocenters. The van der Waals surface area contributed by atoms with Gasteiger partial charge in [0.25, 0.3) is 0 Å². The van der Waals surface area contributed by atoms with Crippen LogP contribution in [-0.4, -0.2) is 15.6 Å². The third-order valence-corrected chi connectivity index (χ3v) is 4.69. The van der Waals surface area contributed by atoms with Gasteiger partial charge in [-0.3, -0.25) is 4.79 Å². The maximum absolute atomic E-state index is 14.1. The minimum Gasteiger partial charge on any atom is -0.294 e. The smallest absolute Gasteiger partial charge is 0.167 e. The third-order valence-electron chi connectivity index (χ3n) is 4.69. The van der Waals surface area contributed by atoms with Crippen molar-refractivity contribution < 1.29 is 9.18 Å². The van der Waals surface area contributed by atoms with E-state index in [1.165, 1.54) is 6.07 Å². The van der Waals surface area contributed by atoms with Crippen LogP contribution in [0.4, 0.5) is 4.39 Å². The van der Waals surface area contributed by atoms with Crippen molar-refractivity contribution in [1.82, 2.24) is 9.78 Å². The molecule has 1 aliphatic rings. The molecule has 3 aromatic rings. The van der Waals surface area contributed by atoms with Crippen LogP contribution in [0, 0.1) is 12.7 Å². The molecule has 1 aromatic heterocycles. The van der Waals surface area contributed by atoms with E-state index < -0.39 is 0 Å². The fraction of sp³-hybridized carbons (Fsp3) is 0.200. The number of fused-ring (bicyclic) bond motifs is 1. The number of aromatic nitrogens is 2. The number of nitrogens with zero attached hydrogens (tertiary/aromatic N) is 2. The zero-order valence-electron chi connectivity index (χ0n) is 13.4. The summed E-state index contributed by atoms with van der Waals surface area (Å²) in [6, 6.07) is 16.5. The van der Waals surface area contributed by atoms with E-state index in [0.717, 1.165) is 11.3 Å². The minimum atomic E-state index is -0.340. The molecule has 0 saturated carbocycles. The van der Waals surface area contributed by atoms with Gasteiger partial charge in [0, 0.05) is 6.42 Å². The van der Waals surface area contributed by atoms with Gasteiger partial charge in [-0.15, -0.1) is 0 Å². The van der Waals surface area contributed by atoms with Crippen molar-refractivity contribution in [2.24, 2.45) is 0 Å². The summed E-state index contributed by atoms with van der Waals surface area (Å²) in [5.74, 6) is -0.118. The number of halogens is 1. The third kappa shape index (κ3) is 2.35. The van der Waals surface area contributed by atoms with E-state index in [1.54, 1.807) is 22.9 Å². The summed E-state index contributed by atoms with van der Waals surface area (Å²) in [5.41, 5.74) is 3.67. The number of carbonyl (C=O) groups is 1. The Balaban J connectivity index is 1.78. The molecule has 24 heavy (non-hydrogen) atoms. The summed E-state index contributed by atoms with van der Waals surface area (Å²) in [6.45, 7) is 1.83. The molecule has 4 rings (SSSR count). The van der Waals surface area contributed by atoms with E-state index in [4.69, 9.17) is 0 Å². The molecule has 2 aromatic carbocycles. The summed E-state index contributed by atoms with van der Waals surface area (Å²) in [7, 11) is 0. The van der Waals surface area contributed by atoms with Crippen molar-refractivity contribution in [3.63, 3.8) is 0 Å². The molecule has 0 amide bonds. The summed E-state index contributed by atoms with van der Waals surface area (Å²) >= 11 is 0. The van der Waals surface area contributed by atoms with Gasteiger partial charge in [-0.25, -0.2) is 9.07 Å². The van der Waals surface area contributed by atoms with Crippen molar-refractivity contribution in [3.05, 3.63) is 82.9 Å². The molecule has 120 valence electrons.